The van der Waals surface area contributed by atoms with Crippen LogP contribution in [-0.2, 0) is 7.05 Å². The molecule has 0 spiro atoms. The summed E-state index contributed by atoms with van der Waals surface area (Å²) < 4.78 is 25.8. The standard InChI is InChI=1S/C6H7ClF2N2O/c1-3-4(7)5(12)10(2)11(3)6(8)9/h6H,1-2H3. The van der Waals surface area contributed by atoms with Crippen LogP contribution in [0.2, 0.25) is 5.02 Å². The fraction of sp³-hybridized carbons (Fsp3) is 0.500. The van der Waals surface area contributed by atoms with Crippen LogP contribution in [0.15, 0.2) is 4.79 Å². The summed E-state index contributed by atoms with van der Waals surface area (Å²) in [5.74, 6) is 0. The van der Waals surface area contributed by atoms with Gasteiger partial charge in [0, 0.05) is 7.05 Å². The second-order valence-electron chi connectivity index (χ2n) is 2.35. The van der Waals surface area contributed by atoms with Crippen molar-refractivity contribution < 1.29 is 8.78 Å². The lowest BCUT2D eigenvalue weighted by molar-refractivity contribution is 0.0421. The summed E-state index contributed by atoms with van der Waals surface area (Å²) in [4.78, 5) is 11.0. The third-order valence-electron chi connectivity index (χ3n) is 1.65. The Morgan fingerprint density at radius 3 is 2.17 bits per heavy atom. The molecule has 68 valence electrons. The number of hydrogen-bond acceptors (Lipinski definition) is 1. The molecule has 0 saturated heterocycles. The Morgan fingerprint density at radius 2 is 2.00 bits per heavy atom. The first-order valence-electron chi connectivity index (χ1n) is 3.18. The van der Waals surface area contributed by atoms with E-state index in [1.165, 1.54) is 14.0 Å². The molecule has 0 saturated carbocycles. The Balaban J connectivity index is 3.49. The van der Waals surface area contributed by atoms with Crippen LogP contribution in [0.5, 0.6) is 0 Å². The molecule has 12 heavy (non-hydrogen) atoms. The molecule has 0 aliphatic rings. The number of nitrogens with zero attached hydrogens (tertiary/aromatic N) is 2. The minimum Gasteiger partial charge on any atom is -0.266 e. The average molecular weight is 197 g/mol. The first-order valence-corrected chi connectivity index (χ1v) is 3.56. The fourth-order valence-corrected chi connectivity index (χ4v) is 1.21. The van der Waals surface area contributed by atoms with Crippen molar-refractivity contribution in [2.75, 3.05) is 0 Å². The molecule has 1 aromatic rings. The highest BCUT2D eigenvalue weighted by atomic mass is 35.5. The van der Waals surface area contributed by atoms with E-state index in [1.807, 2.05) is 0 Å². The van der Waals surface area contributed by atoms with E-state index < -0.39 is 12.1 Å². The summed E-state index contributed by atoms with van der Waals surface area (Å²) in [6, 6.07) is 0. The zero-order chi connectivity index (χ0) is 9.46. The summed E-state index contributed by atoms with van der Waals surface area (Å²) in [6.45, 7) is -1.37. The van der Waals surface area contributed by atoms with E-state index in [4.69, 9.17) is 11.6 Å². The van der Waals surface area contributed by atoms with Gasteiger partial charge in [-0.05, 0) is 6.92 Å². The maximum atomic E-state index is 12.2. The number of rotatable bonds is 1. The topological polar surface area (TPSA) is 26.9 Å². The van der Waals surface area contributed by atoms with Crippen molar-refractivity contribution in [2.45, 2.75) is 13.5 Å². The van der Waals surface area contributed by atoms with Crippen molar-refractivity contribution in [2.24, 2.45) is 7.05 Å². The molecular weight excluding hydrogens is 190 g/mol. The van der Waals surface area contributed by atoms with Crippen molar-refractivity contribution in [1.29, 1.82) is 0 Å². The summed E-state index contributed by atoms with van der Waals surface area (Å²) in [5.41, 5.74) is -0.520. The molecule has 0 aliphatic carbocycles. The first kappa shape index (κ1) is 9.25. The molecule has 0 aromatic carbocycles. The fourth-order valence-electron chi connectivity index (χ4n) is 0.998. The maximum Gasteiger partial charge on any atom is 0.332 e. The van der Waals surface area contributed by atoms with E-state index in [0.717, 1.165) is 4.68 Å². The predicted octanol–water partition coefficient (Wildman–Crippen LogP) is 1.54. The van der Waals surface area contributed by atoms with Crippen LogP contribution in [0, 0.1) is 6.92 Å². The molecule has 1 rings (SSSR count). The minimum atomic E-state index is -2.74. The quantitative estimate of drug-likeness (QED) is 0.670. The highest BCUT2D eigenvalue weighted by Gasteiger charge is 2.17. The van der Waals surface area contributed by atoms with Gasteiger partial charge >= 0.3 is 6.55 Å². The number of hydrogen-bond donors (Lipinski definition) is 0. The lowest BCUT2D eigenvalue weighted by Gasteiger charge is -2.06. The molecule has 0 aliphatic heterocycles. The third kappa shape index (κ3) is 1.14. The van der Waals surface area contributed by atoms with Crippen LogP contribution in [0.25, 0.3) is 0 Å². The van der Waals surface area contributed by atoms with E-state index in [-0.39, 0.29) is 10.7 Å². The van der Waals surface area contributed by atoms with Gasteiger partial charge in [-0.1, -0.05) is 11.6 Å². The van der Waals surface area contributed by atoms with E-state index >= 15 is 0 Å². The number of aromatic nitrogens is 2. The normalized spacial score (nSPS) is 11.2. The predicted molar refractivity (Wildman–Crippen MR) is 40.7 cm³/mol. The highest BCUT2D eigenvalue weighted by Crippen LogP contribution is 2.17. The zero-order valence-corrected chi connectivity index (χ0v) is 7.27. The summed E-state index contributed by atoms with van der Waals surface area (Å²) in [6.07, 6.45) is 0. The molecule has 0 amide bonds. The van der Waals surface area contributed by atoms with Gasteiger partial charge in [-0.15, -0.1) is 0 Å². The van der Waals surface area contributed by atoms with Crippen molar-refractivity contribution >= 4 is 11.6 Å². The molecule has 0 N–H and O–H groups in total. The van der Waals surface area contributed by atoms with Crippen LogP contribution in [0.4, 0.5) is 8.78 Å². The zero-order valence-electron chi connectivity index (χ0n) is 6.51. The lowest BCUT2D eigenvalue weighted by atomic mass is 10.5. The van der Waals surface area contributed by atoms with Crippen molar-refractivity contribution in [3.8, 4) is 0 Å². The van der Waals surface area contributed by atoms with Crippen LogP contribution >= 0.6 is 11.6 Å². The molecule has 6 heteroatoms. The molecule has 0 unspecified atom stereocenters. The summed E-state index contributed by atoms with van der Waals surface area (Å²) in [5, 5.41) is -0.155. The molecule has 1 aromatic heterocycles. The third-order valence-corrected chi connectivity index (χ3v) is 2.09. The number of alkyl halides is 2. The Hall–Kier alpha value is -0.840. The molecule has 0 atom stereocenters. The van der Waals surface area contributed by atoms with E-state index in [2.05, 4.69) is 0 Å². The Kier molecular flexibility index (Phi) is 2.23. The smallest absolute Gasteiger partial charge is 0.266 e. The second kappa shape index (κ2) is 2.90. The van der Waals surface area contributed by atoms with Crippen LogP contribution < -0.4 is 5.56 Å². The SMILES string of the molecule is Cc1c(Cl)c(=O)n(C)n1C(F)F. The van der Waals surface area contributed by atoms with Crippen molar-refractivity contribution in [3.63, 3.8) is 0 Å². The summed E-state index contributed by atoms with van der Waals surface area (Å²) in [7, 11) is 1.24. The molecule has 0 bridgehead atoms. The Morgan fingerprint density at radius 1 is 1.50 bits per heavy atom. The monoisotopic (exact) mass is 196 g/mol. The summed E-state index contributed by atoms with van der Waals surface area (Å²) >= 11 is 5.46. The average Bonchev–Trinajstić information content (AvgIpc) is 2.16. The molecule has 0 fully saturated rings. The molecular formula is C6H7ClF2N2O. The van der Waals surface area contributed by atoms with Gasteiger partial charge in [0.25, 0.3) is 5.56 Å². The van der Waals surface area contributed by atoms with Crippen LogP contribution in [0.3, 0.4) is 0 Å². The molecule has 3 nitrogen and oxygen atoms in total. The second-order valence-corrected chi connectivity index (χ2v) is 2.73. The van der Waals surface area contributed by atoms with E-state index in [1.54, 1.807) is 0 Å². The molecule has 1 heterocycles. The van der Waals surface area contributed by atoms with Gasteiger partial charge < -0.3 is 0 Å². The van der Waals surface area contributed by atoms with E-state index in [9.17, 15) is 13.6 Å². The van der Waals surface area contributed by atoms with Crippen molar-refractivity contribution in [3.05, 3.63) is 21.1 Å². The van der Waals surface area contributed by atoms with Gasteiger partial charge in [0.1, 0.15) is 5.02 Å². The maximum absolute atomic E-state index is 12.2. The lowest BCUT2D eigenvalue weighted by Crippen LogP contribution is -2.20. The van der Waals surface area contributed by atoms with Gasteiger partial charge in [-0.3, -0.25) is 4.79 Å². The van der Waals surface area contributed by atoms with Crippen LogP contribution in [-0.4, -0.2) is 9.36 Å². The Labute approximate surface area is 72.1 Å². The molecule has 0 radical (unpaired) electrons. The minimum absolute atomic E-state index is 0.0826. The first-order chi connectivity index (χ1) is 5.46. The van der Waals surface area contributed by atoms with Gasteiger partial charge in [0.15, 0.2) is 0 Å². The van der Waals surface area contributed by atoms with Gasteiger partial charge in [-0.25, -0.2) is 9.36 Å². The van der Waals surface area contributed by atoms with Gasteiger partial charge in [-0.2, -0.15) is 8.78 Å². The van der Waals surface area contributed by atoms with Gasteiger partial charge in [0.05, 0.1) is 5.69 Å². The largest absolute Gasteiger partial charge is 0.332 e. The van der Waals surface area contributed by atoms with Gasteiger partial charge in [0.2, 0.25) is 0 Å². The van der Waals surface area contributed by atoms with Crippen LogP contribution in [0.1, 0.15) is 12.2 Å². The van der Waals surface area contributed by atoms with E-state index in [0.29, 0.717) is 4.68 Å². The Bertz CT molecular complexity index is 355. The number of halogens is 3. The van der Waals surface area contributed by atoms with Crippen molar-refractivity contribution in [1.82, 2.24) is 9.36 Å². The highest BCUT2D eigenvalue weighted by molar-refractivity contribution is 6.31.